The molecule has 0 saturated heterocycles. The van der Waals surface area contributed by atoms with Gasteiger partial charge in [-0.05, 0) is 49.4 Å². The molecule has 0 aromatic heterocycles. The second kappa shape index (κ2) is 6.91. The van der Waals surface area contributed by atoms with Crippen molar-refractivity contribution in [3.8, 4) is 11.5 Å². The van der Waals surface area contributed by atoms with Gasteiger partial charge in [0.1, 0.15) is 23.9 Å². The number of carbonyl (C=O) groups excluding carboxylic acids is 1. The van der Waals surface area contributed by atoms with Gasteiger partial charge >= 0.3 is 6.16 Å². The van der Waals surface area contributed by atoms with E-state index in [2.05, 4.69) is 10.8 Å². The standard InChI is InChI=1S/C19H19FO4/c1-12-6-9-17(14(10-12)13-7-8-13)23-11-15-16(20)4-3-5-18(15)24-19(21)22-2/h3-6,9-10,13H,7-8,11H2,1-2H3. The molecule has 126 valence electrons. The molecule has 0 unspecified atom stereocenters. The van der Waals surface area contributed by atoms with Gasteiger partial charge in [0.25, 0.3) is 0 Å². The van der Waals surface area contributed by atoms with Crippen LogP contribution < -0.4 is 9.47 Å². The summed E-state index contributed by atoms with van der Waals surface area (Å²) in [6.45, 7) is 2.01. The summed E-state index contributed by atoms with van der Waals surface area (Å²) in [5.41, 5.74) is 2.51. The first kappa shape index (κ1) is 16.3. The van der Waals surface area contributed by atoms with Crippen molar-refractivity contribution in [3.63, 3.8) is 0 Å². The molecule has 1 aliphatic carbocycles. The van der Waals surface area contributed by atoms with Crippen molar-refractivity contribution < 1.29 is 23.4 Å². The van der Waals surface area contributed by atoms with Crippen LogP contribution in [0.3, 0.4) is 0 Å². The van der Waals surface area contributed by atoms with Crippen molar-refractivity contribution in [3.05, 3.63) is 58.9 Å². The molecule has 0 N–H and O–H groups in total. The molecule has 0 bridgehead atoms. The summed E-state index contributed by atoms with van der Waals surface area (Å²) in [6.07, 6.45) is 1.41. The van der Waals surface area contributed by atoms with Crippen LogP contribution in [0.4, 0.5) is 9.18 Å². The summed E-state index contributed by atoms with van der Waals surface area (Å²) in [5.74, 6) is 0.875. The topological polar surface area (TPSA) is 44.8 Å². The van der Waals surface area contributed by atoms with E-state index in [1.807, 2.05) is 19.1 Å². The summed E-state index contributed by atoms with van der Waals surface area (Å²) in [6, 6.07) is 10.3. The van der Waals surface area contributed by atoms with Gasteiger partial charge < -0.3 is 14.2 Å². The first-order valence-corrected chi connectivity index (χ1v) is 7.85. The molecule has 5 heteroatoms. The minimum absolute atomic E-state index is 0.0260. The minimum atomic E-state index is -0.893. The van der Waals surface area contributed by atoms with Gasteiger partial charge in [0, 0.05) is 0 Å². The first-order chi connectivity index (χ1) is 11.6. The Morgan fingerprint density at radius 1 is 1.21 bits per heavy atom. The largest absolute Gasteiger partial charge is 0.513 e. The zero-order valence-electron chi connectivity index (χ0n) is 13.7. The Kier molecular flexibility index (Phi) is 4.69. The fourth-order valence-electron chi connectivity index (χ4n) is 2.57. The van der Waals surface area contributed by atoms with E-state index in [1.54, 1.807) is 0 Å². The molecule has 0 radical (unpaired) electrons. The lowest BCUT2D eigenvalue weighted by molar-refractivity contribution is 0.120. The second-order valence-electron chi connectivity index (χ2n) is 5.88. The number of aryl methyl sites for hydroxylation is 1. The maximum Gasteiger partial charge on any atom is 0.513 e. The average Bonchev–Trinajstić information content (AvgIpc) is 3.40. The van der Waals surface area contributed by atoms with Crippen molar-refractivity contribution in [1.82, 2.24) is 0 Å². The second-order valence-corrected chi connectivity index (χ2v) is 5.88. The summed E-state index contributed by atoms with van der Waals surface area (Å²) in [4.78, 5) is 11.3. The summed E-state index contributed by atoms with van der Waals surface area (Å²) < 4.78 is 29.4. The van der Waals surface area contributed by atoms with Gasteiger partial charge in [0.05, 0.1) is 12.7 Å². The first-order valence-electron chi connectivity index (χ1n) is 7.85. The Hall–Kier alpha value is -2.56. The van der Waals surface area contributed by atoms with Crippen LogP contribution >= 0.6 is 0 Å². The van der Waals surface area contributed by atoms with E-state index in [4.69, 9.17) is 9.47 Å². The van der Waals surface area contributed by atoms with Crippen molar-refractivity contribution in [2.24, 2.45) is 0 Å². The molecule has 1 aliphatic rings. The molecule has 0 atom stereocenters. The lowest BCUT2D eigenvalue weighted by atomic mass is 10.1. The molecule has 1 saturated carbocycles. The van der Waals surface area contributed by atoms with Crippen LogP contribution in [0.2, 0.25) is 0 Å². The fraction of sp³-hybridized carbons (Fsp3) is 0.316. The number of methoxy groups -OCH3 is 1. The maximum atomic E-state index is 14.1. The van der Waals surface area contributed by atoms with Crippen LogP contribution in [0.25, 0.3) is 0 Å². The molecule has 0 spiro atoms. The smallest absolute Gasteiger partial charge is 0.488 e. The lowest BCUT2D eigenvalue weighted by Crippen LogP contribution is -2.11. The minimum Gasteiger partial charge on any atom is -0.488 e. The van der Waals surface area contributed by atoms with E-state index in [-0.39, 0.29) is 17.9 Å². The maximum absolute atomic E-state index is 14.1. The Balaban J connectivity index is 1.81. The van der Waals surface area contributed by atoms with E-state index in [0.717, 1.165) is 24.2 Å². The molecule has 2 aromatic rings. The Labute approximate surface area is 140 Å². The number of hydrogen-bond donors (Lipinski definition) is 0. The van der Waals surface area contributed by atoms with E-state index in [1.165, 1.54) is 30.9 Å². The third-order valence-corrected chi connectivity index (χ3v) is 3.99. The van der Waals surface area contributed by atoms with Gasteiger partial charge in [0.2, 0.25) is 0 Å². The molecular formula is C19H19FO4. The molecule has 4 nitrogen and oxygen atoms in total. The fourth-order valence-corrected chi connectivity index (χ4v) is 2.57. The lowest BCUT2D eigenvalue weighted by Gasteiger charge is -2.14. The van der Waals surface area contributed by atoms with Crippen LogP contribution in [0, 0.1) is 12.7 Å². The number of rotatable bonds is 5. The normalized spacial score (nSPS) is 13.5. The monoisotopic (exact) mass is 330 g/mol. The van der Waals surface area contributed by atoms with Crippen molar-refractivity contribution in [1.29, 1.82) is 0 Å². The van der Waals surface area contributed by atoms with Gasteiger partial charge in [0.15, 0.2) is 0 Å². The Morgan fingerprint density at radius 2 is 2.00 bits per heavy atom. The van der Waals surface area contributed by atoms with Crippen LogP contribution in [-0.4, -0.2) is 13.3 Å². The van der Waals surface area contributed by atoms with Crippen LogP contribution in [0.5, 0.6) is 11.5 Å². The highest BCUT2D eigenvalue weighted by molar-refractivity contribution is 5.64. The van der Waals surface area contributed by atoms with Gasteiger partial charge in [-0.3, -0.25) is 0 Å². The average molecular weight is 330 g/mol. The molecule has 2 aromatic carbocycles. The zero-order chi connectivity index (χ0) is 17.1. The third kappa shape index (κ3) is 3.67. The zero-order valence-corrected chi connectivity index (χ0v) is 13.7. The van der Waals surface area contributed by atoms with Crippen molar-refractivity contribution in [2.45, 2.75) is 32.3 Å². The molecule has 3 rings (SSSR count). The number of hydrogen-bond acceptors (Lipinski definition) is 4. The highest BCUT2D eigenvalue weighted by Crippen LogP contribution is 2.44. The number of halogens is 1. The van der Waals surface area contributed by atoms with E-state index < -0.39 is 12.0 Å². The molecule has 0 amide bonds. The van der Waals surface area contributed by atoms with E-state index in [0.29, 0.717) is 5.92 Å². The Morgan fingerprint density at radius 3 is 2.71 bits per heavy atom. The SMILES string of the molecule is COC(=O)Oc1cccc(F)c1COc1ccc(C)cc1C1CC1. The summed E-state index contributed by atoms with van der Waals surface area (Å²) >= 11 is 0. The third-order valence-electron chi connectivity index (χ3n) is 3.99. The van der Waals surface area contributed by atoms with Crippen molar-refractivity contribution >= 4 is 6.16 Å². The number of carbonyl (C=O) groups is 1. The van der Waals surface area contributed by atoms with Crippen LogP contribution in [0.1, 0.15) is 35.4 Å². The van der Waals surface area contributed by atoms with Gasteiger partial charge in [-0.15, -0.1) is 0 Å². The van der Waals surface area contributed by atoms with Crippen LogP contribution in [-0.2, 0) is 11.3 Å². The predicted octanol–water partition coefficient (Wildman–Crippen LogP) is 4.74. The van der Waals surface area contributed by atoms with Gasteiger partial charge in [-0.2, -0.15) is 0 Å². The van der Waals surface area contributed by atoms with E-state index in [9.17, 15) is 9.18 Å². The molecule has 1 fully saturated rings. The predicted molar refractivity (Wildman–Crippen MR) is 86.9 cm³/mol. The molecule has 0 aliphatic heterocycles. The van der Waals surface area contributed by atoms with Gasteiger partial charge in [-0.1, -0.05) is 23.8 Å². The molecule has 24 heavy (non-hydrogen) atoms. The van der Waals surface area contributed by atoms with Crippen LogP contribution in [0.15, 0.2) is 36.4 Å². The summed E-state index contributed by atoms with van der Waals surface area (Å²) in [7, 11) is 1.20. The highest BCUT2D eigenvalue weighted by atomic mass is 19.1. The van der Waals surface area contributed by atoms with E-state index >= 15 is 0 Å². The van der Waals surface area contributed by atoms with Crippen molar-refractivity contribution in [2.75, 3.05) is 7.11 Å². The van der Waals surface area contributed by atoms with Gasteiger partial charge in [-0.25, -0.2) is 9.18 Å². The summed E-state index contributed by atoms with van der Waals surface area (Å²) in [5, 5.41) is 0. The molecule has 0 heterocycles. The molecular weight excluding hydrogens is 311 g/mol. The highest BCUT2D eigenvalue weighted by Gasteiger charge is 2.27. The number of benzene rings is 2. The quantitative estimate of drug-likeness (QED) is 0.587. The number of ether oxygens (including phenoxy) is 3. The Bertz CT molecular complexity index is 753.